The molecule has 1 aliphatic heterocycles. The molecule has 4 rings (SSSR count). The summed E-state index contributed by atoms with van der Waals surface area (Å²) in [5, 5.41) is 2.89. The van der Waals surface area contributed by atoms with Gasteiger partial charge in [0, 0.05) is 11.3 Å². The number of anilines is 2. The van der Waals surface area contributed by atoms with Gasteiger partial charge in [-0.25, -0.2) is 0 Å². The average Bonchev–Trinajstić information content (AvgIpc) is 2.76. The van der Waals surface area contributed by atoms with Crippen LogP contribution in [0.15, 0.2) is 66.7 Å². The molecule has 0 aliphatic carbocycles. The van der Waals surface area contributed by atoms with Crippen molar-refractivity contribution in [2.45, 2.75) is 13.8 Å². The maximum Gasteiger partial charge on any atom is 0.265 e. The molecule has 1 aliphatic rings. The molecule has 6 nitrogen and oxygen atoms in total. The van der Waals surface area contributed by atoms with Crippen molar-refractivity contribution in [1.82, 2.24) is 0 Å². The Hall–Kier alpha value is -3.80. The van der Waals surface area contributed by atoms with Gasteiger partial charge in [-0.15, -0.1) is 0 Å². The Morgan fingerprint density at radius 1 is 1.03 bits per heavy atom. The Bertz CT molecular complexity index is 1110. The van der Waals surface area contributed by atoms with E-state index in [1.807, 2.05) is 56.3 Å². The number of carbonyl (C=O) groups excluding carboxylic acids is 2. The lowest BCUT2D eigenvalue weighted by atomic mass is 10.1. The smallest absolute Gasteiger partial charge is 0.265 e. The highest BCUT2D eigenvalue weighted by Gasteiger charge is 2.26. The average molecular weight is 416 g/mol. The zero-order chi connectivity index (χ0) is 21.8. The SMILES string of the molecule is Cc1ccc(OCCN2C(=O)COc3ccc(NC(=O)c4cccc(C)c4)cc32)cc1. The van der Waals surface area contributed by atoms with Crippen molar-refractivity contribution < 1.29 is 19.1 Å². The minimum Gasteiger partial charge on any atom is -0.492 e. The molecule has 0 atom stereocenters. The van der Waals surface area contributed by atoms with Gasteiger partial charge in [-0.05, 0) is 56.3 Å². The number of nitrogens with zero attached hydrogens (tertiary/aromatic N) is 1. The molecule has 0 spiro atoms. The number of carbonyl (C=O) groups is 2. The van der Waals surface area contributed by atoms with E-state index < -0.39 is 0 Å². The number of benzene rings is 3. The van der Waals surface area contributed by atoms with Crippen molar-refractivity contribution in [2.75, 3.05) is 30.0 Å². The van der Waals surface area contributed by atoms with Crippen LogP contribution < -0.4 is 19.7 Å². The van der Waals surface area contributed by atoms with Gasteiger partial charge in [0.1, 0.15) is 18.1 Å². The molecule has 0 unspecified atom stereocenters. The lowest BCUT2D eigenvalue weighted by Crippen LogP contribution is -2.41. The molecule has 31 heavy (non-hydrogen) atoms. The minimum absolute atomic E-state index is 0.0213. The topological polar surface area (TPSA) is 67.9 Å². The van der Waals surface area contributed by atoms with Gasteiger partial charge in [0.05, 0.1) is 12.2 Å². The summed E-state index contributed by atoms with van der Waals surface area (Å²) < 4.78 is 11.3. The molecule has 3 aromatic rings. The van der Waals surface area contributed by atoms with Crippen LogP contribution in [-0.2, 0) is 4.79 Å². The van der Waals surface area contributed by atoms with E-state index in [4.69, 9.17) is 9.47 Å². The standard InChI is InChI=1S/C25H24N2O4/c1-17-6-9-21(10-7-17)30-13-12-27-22-15-20(8-11-23(22)31-16-24(27)28)26-25(29)19-5-3-4-18(2)14-19/h3-11,14-15H,12-13,16H2,1-2H3,(H,26,29). The second-order valence-corrected chi connectivity index (χ2v) is 7.50. The number of amides is 2. The van der Waals surface area contributed by atoms with E-state index in [2.05, 4.69) is 5.32 Å². The Morgan fingerprint density at radius 2 is 1.84 bits per heavy atom. The van der Waals surface area contributed by atoms with Gasteiger partial charge in [-0.3, -0.25) is 9.59 Å². The number of aryl methyl sites for hydroxylation is 2. The summed E-state index contributed by atoms with van der Waals surface area (Å²) in [5.41, 5.74) is 3.95. The summed E-state index contributed by atoms with van der Waals surface area (Å²) in [6.07, 6.45) is 0. The zero-order valence-corrected chi connectivity index (χ0v) is 17.6. The van der Waals surface area contributed by atoms with Gasteiger partial charge in [-0.1, -0.05) is 35.4 Å². The van der Waals surface area contributed by atoms with Crippen molar-refractivity contribution in [1.29, 1.82) is 0 Å². The first kappa shape index (κ1) is 20.5. The predicted octanol–water partition coefficient (Wildman–Crippen LogP) is 4.36. The molecule has 158 valence electrons. The van der Waals surface area contributed by atoms with Crippen molar-refractivity contribution in [3.05, 3.63) is 83.4 Å². The lowest BCUT2D eigenvalue weighted by molar-refractivity contribution is -0.121. The highest BCUT2D eigenvalue weighted by Crippen LogP contribution is 2.34. The number of fused-ring (bicyclic) bond motifs is 1. The van der Waals surface area contributed by atoms with Crippen LogP contribution in [0.1, 0.15) is 21.5 Å². The summed E-state index contributed by atoms with van der Waals surface area (Å²) >= 11 is 0. The van der Waals surface area contributed by atoms with Crippen LogP contribution >= 0.6 is 0 Å². The highest BCUT2D eigenvalue weighted by molar-refractivity contribution is 6.05. The third kappa shape index (κ3) is 4.86. The first-order valence-electron chi connectivity index (χ1n) is 10.1. The molecule has 0 saturated heterocycles. The van der Waals surface area contributed by atoms with Crippen LogP contribution in [0.2, 0.25) is 0 Å². The third-order valence-electron chi connectivity index (χ3n) is 5.04. The molecule has 6 heteroatoms. The molecule has 1 heterocycles. The fourth-order valence-corrected chi connectivity index (χ4v) is 3.40. The van der Waals surface area contributed by atoms with Crippen LogP contribution in [-0.4, -0.2) is 31.6 Å². The van der Waals surface area contributed by atoms with E-state index in [0.29, 0.717) is 35.8 Å². The maximum atomic E-state index is 12.6. The van der Waals surface area contributed by atoms with E-state index in [9.17, 15) is 9.59 Å². The summed E-state index contributed by atoms with van der Waals surface area (Å²) in [7, 11) is 0. The highest BCUT2D eigenvalue weighted by atomic mass is 16.5. The largest absolute Gasteiger partial charge is 0.492 e. The molecular weight excluding hydrogens is 392 g/mol. The molecule has 1 N–H and O–H groups in total. The minimum atomic E-state index is -0.207. The fourth-order valence-electron chi connectivity index (χ4n) is 3.40. The molecule has 0 fully saturated rings. The van der Waals surface area contributed by atoms with E-state index in [-0.39, 0.29) is 18.4 Å². The summed E-state index contributed by atoms with van der Waals surface area (Å²) in [6, 6.07) is 20.4. The number of hydrogen-bond donors (Lipinski definition) is 1. The van der Waals surface area contributed by atoms with Gasteiger partial charge < -0.3 is 19.7 Å². The predicted molar refractivity (Wildman–Crippen MR) is 120 cm³/mol. The van der Waals surface area contributed by atoms with Crippen LogP contribution in [0, 0.1) is 13.8 Å². The zero-order valence-electron chi connectivity index (χ0n) is 17.6. The fraction of sp³-hybridized carbons (Fsp3) is 0.200. The number of nitrogens with one attached hydrogen (secondary N) is 1. The molecule has 0 bridgehead atoms. The number of ether oxygens (including phenoxy) is 2. The Balaban J connectivity index is 1.47. The number of rotatable bonds is 6. The second-order valence-electron chi connectivity index (χ2n) is 7.50. The van der Waals surface area contributed by atoms with Crippen LogP contribution in [0.5, 0.6) is 11.5 Å². The summed E-state index contributed by atoms with van der Waals surface area (Å²) in [4.78, 5) is 26.7. The van der Waals surface area contributed by atoms with E-state index in [0.717, 1.165) is 16.9 Å². The van der Waals surface area contributed by atoms with Crippen molar-refractivity contribution in [3.8, 4) is 11.5 Å². The Kier molecular flexibility index (Phi) is 5.89. The molecule has 3 aromatic carbocycles. The van der Waals surface area contributed by atoms with Gasteiger partial charge in [0.25, 0.3) is 11.8 Å². The van der Waals surface area contributed by atoms with Crippen molar-refractivity contribution >= 4 is 23.2 Å². The van der Waals surface area contributed by atoms with Crippen molar-refractivity contribution in [2.24, 2.45) is 0 Å². The number of hydrogen-bond acceptors (Lipinski definition) is 4. The first-order chi connectivity index (χ1) is 15.0. The maximum absolute atomic E-state index is 12.6. The van der Waals surface area contributed by atoms with E-state index >= 15 is 0 Å². The Morgan fingerprint density at radius 3 is 2.61 bits per heavy atom. The molecule has 0 radical (unpaired) electrons. The monoisotopic (exact) mass is 416 g/mol. The third-order valence-corrected chi connectivity index (χ3v) is 5.04. The van der Waals surface area contributed by atoms with Gasteiger partial charge in [-0.2, -0.15) is 0 Å². The van der Waals surface area contributed by atoms with Gasteiger partial charge in [0.15, 0.2) is 6.61 Å². The molecule has 2 amide bonds. The van der Waals surface area contributed by atoms with Crippen LogP contribution in [0.25, 0.3) is 0 Å². The first-order valence-corrected chi connectivity index (χ1v) is 10.1. The van der Waals surface area contributed by atoms with Crippen LogP contribution in [0.3, 0.4) is 0 Å². The molecule has 0 aromatic heterocycles. The normalized spacial score (nSPS) is 12.7. The second kappa shape index (κ2) is 8.92. The summed E-state index contributed by atoms with van der Waals surface area (Å²) in [5.74, 6) is 0.998. The molecule has 0 saturated carbocycles. The van der Waals surface area contributed by atoms with E-state index in [1.165, 1.54) is 0 Å². The Labute approximate surface area is 181 Å². The van der Waals surface area contributed by atoms with Crippen molar-refractivity contribution in [3.63, 3.8) is 0 Å². The lowest BCUT2D eigenvalue weighted by Gasteiger charge is -2.29. The van der Waals surface area contributed by atoms with Crippen LogP contribution in [0.4, 0.5) is 11.4 Å². The summed E-state index contributed by atoms with van der Waals surface area (Å²) in [6.45, 7) is 4.65. The quantitative estimate of drug-likeness (QED) is 0.648. The van der Waals surface area contributed by atoms with Gasteiger partial charge in [0.2, 0.25) is 0 Å². The van der Waals surface area contributed by atoms with Gasteiger partial charge >= 0.3 is 0 Å². The van der Waals surface area contributed by atoms with E-state index in [1.54, 1.807) is 29.2 Å². The molecular formula is C25H24N2O4.